The highest BCUT2D eigenvalue weighted by molar-refractivity contribution is 5.69. The van der Waals surface area contributed by atoms with E-state index < -0.39 is 5.97 Å². The van der Waals surface area contributed by atoms with Crippen molar-refractivity contribution < 1.29 is 19.4 Å². The van der Waals surface area contributed by atoms with Gasteiger partial charge in [-0.2, -0.15) is 0 Å². The van der Waals surface area contributed by atoms with Crippen molar-refractivity contribution >= 4 is 5.97 Å². The van der Waals surface area contributed by atoms with E-state index in [0.29, 0.717) is 13.2 Å². The van der Waals surface area contributed by atoms with Crippen LogP contribution in [-0.2, 0) is 30.9 Å². The summed E-state index contributed by atoms with van der Waals surface area (Å²) in [6.07, 6.45) is 1.15. The third-order valence-electron chi connectivity index (χ3n) is 7.51. The second-order valence-electron chi connectivity index (χ2n) is 10.2. The van der Waals surface area contributed by atoms with Crippen molar-refractivity contribution in [2.75, 3.05) is 13.2 Å². The Hall–Kier alpha value is -4.09. The van der Waals surface area contributed by atoms with Gasteiger partial charge in [-0.15, -0.1) is 0 Å². The Balaban J connectivity index is 1.08. The van der Waals surface area contributed by atoms with Crippen LogP contribution in [0.4, 0.5) is 0 Å². The Bertz CT molecular complexity index is 1450. The van der Waals surface area contributed by atoms with E-state index in [1.807, 2.05) is 18.2 Å². The van der Waals surface area contributed by atoms with Gasteiger partial charge in [0.25, 0.3) is 0 Å². The lowest BCUT2D eigenvalue weighted by Gasteiger charge is -2.14. The van der Waals surface area contributed by atoms with Crippen molar-refractivity contribution in [3.8, 4) is 22.6 Å². The third kappa shape index (κ3) is 5.43. The molecule has 4 aromatic rings. The van der Waals surface area contributed by atoms with Crippen LogP contribution in [0.2, 0.25) is 0 Å². The predicted octanol–water partition coefficient (Wildman–Crippen LogP) is 6.44. The van der Waals surface area contributed by atoms with Crippen LogP contribution in [-0.4, -0.2) is 29.1 Å². The van der Waals surface area contributed by atoms with Gasteiger partial charge in [0.2, 0.25) is 0 Å². The van der Waals surface area contributed by atoms with E-state index in [0.717, 1.165) is 48.7 Å². The molecule has 0 spiro atoms. The average Bonchev–Trinajstić information content (AvgIpc) is 3.54. The lowest BCUT2D eigenvalue weighted by atomic mass is 9.98. The maximum atomic E-state index is 11.1. The number of carboxylic acid groups (broad SMARTS) is 1. The minimum atomic E-state index is -0.810. The number of fused-ring (bicyclic) bond motifs is 2. The maximum Gasteiger partial charge on any atom is 0.304 e. The van der Waals surface area contributed by atoms with Crippen molar-refractivity contribution in [3.05, 3.63) is 119 Å². The van der Waals surface area contributed by atoms with E-state index in [4.69, 9.17) is 14.6 Å². The molecule has 5 nitrogen and oxygen atoms in total. The Labute approximate surface area is 223 Å². The highest BCUT2D eigenvalue weighted by Gasteiger charge is 2.26. The quantitative estimate of drug-likeness (QED) is 0.284. The van der Waals surface area contributed by atoms with Crippen molar-refractivity contribution in [1.82, 2.24) is 4.90 Å². The minimum absolute atomic E-state index is 0.0778. The molecule has 2 heterocycles. The van der Waals surface area contributed by atoms with Gasteiger partial charge in [-0.3, -0.25) is 9.69 Å². The number of nitrogens with zero attached hydrogens (tertiary/aromatic N) is 1. The third-order valence-corrected chi connectivity index (χ3v) is 7.51. The first-order valence-corrected chi connectivity index (χ1v) is 13.2. The average molecular weight is 506 g/mol. The lowest BCUT2D eigenvalue weighted by molar-refractivity contribution is -0.137. The van der Waals surface area contributed by atoms with E-state index in [9.17, 15) is 4.79 Å². The molecule has 192 valence electrons. The molecule has 0 radical (unpaired) electrons. The van der Waals surface area contributed by atoms with Gasteiger partial charge < -0.3 is 14.6 Å². The number of aliphatic carboxylic acids is 1. The molecule has 0 aliphatic carbocycles. The molecule has 0 unspecified atom stereocenters. The summed E-state index contributed by atoms with van der Waals surface area (Å²) in [5.74, 6) is 0.531. The summed E-state index contributed by atoms with van der Waals surface area (Å²) in [4.78, 5) is 13.6. The van der Waals surface area contributed by atoms with E-state index in [2.05, 4.69) is 77.7 Å². The van der Waals surface area contributed by atoms with Crippen LogP contribution in [0, 0.1) is 0 Å². The topological polar surface area (TPSA) is 59.0 Å². The van der Waals surface area contributed by atoms with Gasteiger partial charge in [0.05, 0.1) is 13.0 Å². The van der Waals surface area contributed by atoms with Crippen LogP contribution < -0.4 is 9.47 Å². The van der Waals surface area contributed by atoms with Gasteiger partial charge in [0, 0.05) is 37.2 Å². The monoisotopic (exact) mass is 505 g/mol. The fourth-order valence-corrected chi connectivity index (χ4v) is 5.47. The van der Waals surface area contributed by atoms with Crippen LogP contribution in [0.3, 0.4) is 0 Å². The van der Waals surface area contributed by atoms with Crippen molar-refractivity contribution in [2.24, 2.45) is 0 Å². The van der Waals surface area contributed by atoms with Crippen molar-refractivity contribution in [1.29, 1.82) is 0 Å². The molecular weight excluding hydrogens is 474 g/mol. The SMILES string of the molecule is O=C(O)C[C@@H]1COc2cc(OCc3cccc(-c4ccc5c(c4)CN(CCc4ccccc4)C5)c3)ccc21. The number of benzene rings is 4. The maximum absolute atomic E-state index is 11.1. The van der Waals surface area contributed by atoms with Gasteiger partial charge in [0.1, 0.15) is 18.1 Å². The molecule has 1 atom stereocenters. The number of rotatable bonds is 9. The fraction of sp³-hybridized carbons (Fsp3) is 0.242. The molecular formula is C33H31NO4. The first-order valence-electron chi connectivity index (χ1n) is 13.2. The molecule has 0 saturated carbocycles. The van der Waals surface area contributed by atoms with E-state index in [1.54, 1.807) is 0 Å². The normalized spacial score (nSPS) is 16.1. The molecule has 4 aromatic carbocycles. The molecule has 2 aliphatic heterocycles. The molecule has 1 N–H and O–H groups in total. The summed E-state index contributed by atoms with van der Waals surface area (Å²) in [7, 11) is 0. The Kier molecular flexibility index (Phi) is 6.84. The van der Waals surface area contributed by atoms with Crippen LogP contribution >= 0.6 is 0 Å². The Morgan fingerprint density at radius 2 is 1.68 bits per heavy atom. The van der Waals surface area contributed by atoms with Crippen LogP contribution in [0.1, 0.15) is 40.2 Å². The first-order chi connectivity index (χ1) is 18.6. The Morgan fingerprint density at radius 1 is 0.868 bits per heavy atom. The van der Waals surface area contributed by atoms with Crippen LogP contribution in [0.25, 0.3) is 11.1 Å². The second-order valence-corrected chi connectivity index (χ2v) is 10.2. The van der Waals surface area contributed by atoms with E-state index in [1.165, 1.54) is 27.8 Å². The fourth-order valence-electron chi connectivity index (χ4n) is 5.47. The summed E-state index contributed by atoms with van der Waals surface area (Å²) in [6.45, 7) is 3.92. The molecule has 0 amide bonds. The van der Waals surface area contributed by atoms with Gasteiger partial charge in [0.15, 0.2) is 0 Å². The van der Waals surface area contributed by atoms with Gasteiger partial charge >= 0.3 is 5.97 Å². The highest BCUT2D eigenvalue weighted by Crippen LogP contribution is 2.38. The molecule has 0 bridgehead atoms. The minimum Gasteiger partial charge on any atom is -0.492 e. The number of carbonyl (C=O) groups is 1. The molecule has 0 fully saturated rings. The molecule has 6 rings (SSSR count). The van der Waals surface area contributed by atoms with Crippen LogP contribution in [0.5, 0.6) is 11.5 Å². The second kappa shape index (κ2) is 10.7. The molecule has 38 heavy (non-hydrogen) atoms. The summed E-state index contributed by atoms with van der Waals surface area (Å²) < 4.78 is 11.8. The van der Waals surface area contributed by atoms with Gasteiger partial charge in [-0.1, -0.05) is 66.7 Å². The number of ether oxygens (including phenoxy) is 2. The summed E-state index contributed by atoms with van der Waals surface area (Å²) in [5, 5.41) is 9.11. The van der Waals surface area contributed by atoms with Crippen molar-refractivity contribution in [3.63, 3.8) is 0 Å². The molecule has 0 saturated heterocycles. The first kappa shape index (κ1) is 24.3. The van der Waals surface area contributed by atoms with E-state index >= 15 is 0 Å². The Morgan fingerprint density at radius 3 is 2.55 bits per heavy atom. The summed E-state index contributed by atoms with van der Waals surface area (Å²) >= 11 is 0. The zero-order valence-electron chi connectivity index (χ0n) is 21.3. The van der Waals surface area contributed by atoms with Gasteiger partial charge in [-0.25, -0.2) is 0 Å². The molecule has 0 aromatic heterocycles. The standard InChI is InChI=1S/C33H31NO4/c35-33(36)17-29-22-38-32-18-30(11-12-31(29)32)37-21-24-7-4-8-25(15-24)26-9-10-27-19-34(20-28(27)16-26)14-13-23-5-2-1-3-6-23/h1-12,15-16,18,29H,13-14,17,19-22H2,(H,35,36)/t29-/m1/s1. The number of hydrogen-bond acceptors (Lipinski definition) is 4. The van der Waals surface area contributed by atoms with Crippen LogP contribution in [0.15, 0.2) is 91.0 Å². The zero-order chi connectivity index (χ0) is 25.9. The predicted molar refractivity (Wildman–Crippen MR) is 147 cm³/mol. The molecule has 2 aliphatic rings. The lowest BCUT2D eigenvalue weighted by Crippen LogP contribution is -2.19. The highest BCUT2D eigenvalue weighted by atomic mass is 16.5. The zero-order valence-corrected chi connectivity index (χ0v) is 21.3. The smallest absolute Gasteiger partial charge is 0.304 e. The summed E-state index contributed by atoms with van der Waals surface area (Å²) in [5.41, 5.74) is 8.67. The summed E-state index contributed by atoms with van der Waals surface area (Å²) in [6, 6.07) is 31.7. The van der Waals surface area contributed by atoms with E-state index in [-0.39, 0.29) is 12.3 Å². The van der Waals surface area contributed by atoms with Gasteiger partial charge in [-0.05, 0) is 58.0 Å². The molecule has 5 heteroatoms. The van der Waals surface area contributed by atoms with Crippen molar-refractivity contribution in [2.45, 2.75) is 38.5 Å². The largest absolute Gasteiger partial charge is 0.492 e. The number of hydrogen-bond donors (Lipinski definition) is 1. The number of carboxylic acids is 1.